The van der Waals surface area contributed by atoms with Crippen LogP contribution in [-0.2, 0) is 21.4 Å². The summed E-state index contributed by atoms with van der Waals surface area (Å²) in [5.74, 6) is -1.01. The van der Waals surface area contributed by atoms with Gasteiger partial charge in [0, 0.05) is 24.8 Å². The van der Waals surface area contributed by atoms with E-state index in [2.05, 4.69) is 37.9 Å². The maximum Gasteiger partial charge on any atom is 0.333 e. The second kappa shape index (κ2) is 10.5. The molecule has 8 heteroatoms. The van der Waals surface area contributed by atoms with Gasteiger partial charge in [0.1, 0.15) is 0 Å². The number of benzene rings is 1. The maximum absolute atomic E-state index is 11.2. The van der Waals surface area contributed by atoms with Crippen molar-refractivity contribution in [1.29, 1.82) is 0 Å². The number of nitrogens with two attached hydrogens (primary N) is 1. The second-order valence-corrected chi connectivity index (χ2v) is 6.76. The zero-order valence-electron chi connectivity index (χ0n) is 15.2. The molecule has 146 valence electrons. The van der Waals surface area contributed by atoms with E-state index in [0.717, 1.165) is 5.69 Å². The van der Waals surface area contributed by atoms with E-state index < -0.39 is 12.1 Å². The smallest absolute Gasteiger partial charge is 0.333 e. The summed E-state index contributed by atoms with van der Waals surface area (Å²) >= 11 is 0. The lowest BCUT2D eigenvalue weighted by Crippen LogP contribution is -2.28. The molecule has 26 heavy (non-hydrogen) atoms. The maximum atomic E-state index is 11.2. The summed E-state index contributed by atoms with van der Waals surface area (Å²) < 4.78 is 7.13. The minimum atomic E-state index is -1.01. The van der Waals surface area contributed by atoms with Crippen molar-refractivity contribution >= 4 is 30.8 Å². The van der Waals surface area contributed by atoms with E-state index in [9.17, 15) is 9.90 Å². The van der Waals surface area contributed by atoms with Crippen LogP contribution < -0.4 is 5.73 Å². The summed E-state index contributed by atoms with van der Waals surface area (Å²) in [7, 11) is 0. The minimum Gasteiger partial charge on any atom is -0.479 e. The van der Waals surface area contributed by atoms with E-state index >= 15 is 0 Å². The highest BCUT2D eigenvalue weighted by Gasteiger charge is 2.20. The summed E-state index contributed by atoms with van der Waals surface area (Å²) in [6, 6.07) is 8.26. The van der Waals surface area contributed by atoms with E-state index in [1.807, 2.05) is 22.9 Å². The first-order chi connectivity index (χ1) is 11.3. The number of aliphatic carboxylic acids is 1. The predicted molar refractivity (Wildman–Crippen MR) is 107 cm³/mol. The second-order valence-electron chi connectivity index (χ2n) is 6.76. The largest absolute Gasteiger partial charge is 0.479 e. The van der Waals surface area contributed by atoms with Crippen molar-refractivity contribution in [3.8, 4) is 5.69 Å². The first-order valence-electron chi connectivity index (χ1n) is 7.99. The number of hydrogen-bond acceptors (Lipinski definition) is 4. The molecule has 3 N–H and O–H groups in total. The molecule has 0 fully saturated rings. The summed E-state index contributed by atoms with van der Waals surface area (Å²) in [6.45, 7) is 7.02. The number of halogens is 2. The van der Waals surface area contributed by atoms with Gasteiger partial charge in [-0.2, -0.15) is 0 Å². The molecule has 0 radical (unpaired) electrons. The molecular formula is C18H27Cl2N3O3. The lowest BCUT2D eigenvalue weighted by Gasteiger charge is -2.19. The number of ether oxygens (including phenoxy) is 1. The van der Waals surface area contributed by atoms with Crippen molar-refractivity contribution in [2.45, 2.75) is 38.7 Å². The topological polar surface area (TPSA) is 90.4 Å². The van der Waals surface area contributed by atoms with Crippen LogP contribution in [0.5, 0.6) is 0 Å². The van der Waals surface area contributed by atoms with Gasteiger partial charge in [0.15, 0.2) is 6.10 Å². The molecule has 1 heterocycles. The Morgan fingerprint density at radius 2 is 1.88 bits per heavy atom. The number of imidazole rings is 1. The number of nitrogens with zero attached hydrogens (tertiary/aromatic N) is 2. The van der Waals surface area contributed by atoms with Crippen LogP contribution in [0.1, 0.15) is 32.0 Å². The van der Waals surface area contributed by atoms with E-state index in [-0.39, 0.29) is 43.3 Å². The van der Waals surface area contributed by atoms with Gasteiger partial charge in [-0.1, -0.05) is 32.9 Å². The first-order valence-corrected chi connectivity index (χ1v) is 7.99. The first kappa shape index (κ1) is 24.4. The highest BCUT2D eigenvalue weighted by Crippen LogP contribution is 2.23. The molecule has 2 aromatic rings. The Balaban J connectivity index is 0.00000312. The van der Waals surface area contributed by atoms with E-state index in [4.69, 9.17) is 10.5 Å². The third-order valence-electron chi connectivity index (χ3n) is 3.77. The van der Waals surface area contributed by atoms with Gasteiger partial charge in [0.05, 0.1) is 18.6 Å². The van der Waals surface area contributed by atoms with Gasteiger partial charge in [-0.25, -0.2) is 9.78 Å². The summed E-state index contributed by atoms with van der Waals surface area (Å²) in [6.07, 6.45) is 2.79. The monoisotopic (exact) mass is 403 g/mol. The molecule has 0 saturated heterocycles. The molecule has 0 aliphatic heterocycles. The summed E-state index contributed by atoms with van der Waals surface area (Å²) in [4.78, 5) is 15.5. The quantitative estimate of drug-likeness (QED) is 0.741. The van der Waals surface area contributed by atoms with Crippen molar-refractivity contribution < 1.29 is 14.6 Å². The average molecular weight is 404 g/mol. The summed E-state index contributed by atoms with van der Waals surface area (Å²) in [5.41, 5.74) is 8.37. The molecule has 6 nitrogen and oxygen atoms in total. The number of carboxylic acids is 1. The lowest BCUT2D eigenvalue weighted by molar-refractivity contribution is -0.150. The van der Waals surface area contributed by atoms with Crippen molar-refractivity contribution in [2.75, 3.05) is 13.2 Å². The average Bonchev–Trinajstić information content (AvgIpc) is 2.99. The standard InChI is InChI=1S/C18H25N3O3.2ClH/c1-18(2,3)13-4-6-15(7-5-13)21-11-14(20-12-21)10-16(17(22)23)24-9-8-19;;/h4-7,11-12,16H,8-10,19H2,1-3H3,(H,22,23);2*1H/t16-;;/m0../s1. The van der Waals surface area contributed by atoms with Gasteiger partial charge < -0.3 is 20.1 Å². The Labute approximate surface area is 166 Å². The normalized spacial score (nSPS) is 12.0. The molecule has 0 saturated carbocycles. The number of carboxylic acid groups (broad SMARTS) is 1. The molecule has 0 spiro atoms. The number of hydrogen-bond donors (Lipinski definition) is 2. The van der Waals surface area contributed by atoms with Crippen molar-refractivity contribution in [2.24, 2.45) is 5.73 Å². The molecule has 0 aliphatic rings. The fraction of sp³-hybridized carbons (Fsp3) is 0.444. The molecule has 2 rings (SSSR count). The van der Waals surface area contributed by atoms with Crippen molar-refractivity contribution in [1.82, 2.24) is 9.55 Å². The molecule has 1 aromatic heterocycles. The molecule has 1 atom stereocenters. The number of aromatic nitrogens is 2. The number of rotatable bonds is 7. The Morgan fingerprint density at radius 3 is 2.38 bits per heavy atom. The zero-order valence-corrected chi connectivity index (χ0v) is 16.8. The zero-order chi connectivity index (χ0) is 17.7. The fourth-order valence-electron chi connectivity index (χ4n) is 2.36. The van der Waals surface area contributed by atoms with Crippen molar-refractivity contribution in [3.05, 3.63) is 48.0 Å². The van der Waals surface area contributed by atoms with Gasteiger partial charge in [0.25, 0.3) is 0 Å². The SMILES string of the molecule is CC(C)(C)c1ccc(-n2cnc(C[C@H](OCCN)C(=O)O)c2)cc1.Cl.Cl. The van der Waals surface area contributed by atoms with E-state index in [1.54, 1.807) is 6.33 Å². The van der Waals surface area contributed by atoms with Gasteiger partial charge in [0.2, 0.25) is 0 Å². The van der Waals surface area contributed by atoms with Gasteiger partial charge in [-0.05, 0) is 23.1 Å². The molecule has 1 aromatic carbocycles. The van der Waals surface area contributed by atoms with Gasteiger partial charge in [-0.3, -0.25) is 0 Å². The Bertz CT molecular complexity index is 682. The third-order valence-corrected chi connectivity index (χ3v) is 3.77. The van der Waals surface area contributed by atoms with E-state index in [1.165, 1.54) is 5.56 Å². The van der Waals surface area contributed by atoms with Gasteiger partial charge >= 0.3 is 5.97 Å². The van der Waals surface area contributed by atoms with Crippen LogP contribution in [-0.4, -0.2) is 39.9 Å². The van der Waals surface area contributed by atoms with Crippen LogP contribution in [0.15, 0.2) is 36.8 Å². The highest BCUT2D eigenvalue weighted by atomic mass is 35.5. The highest BCUT2D eigenvalue weighted by molar-refractivity contribution is 5.85. The van der Waals surface area contributed by atoms with E-state index in [0.29, 0.717) is 12.2 Å². The van der Waals surface area contributed by atoms with Crippen LogP contribution >= 0.6 is 24.8 Å². The van der Waals surface area contributed by atoms with Crippen molar-refractivity contribution in [3.63, 3.8) is 0 Å². The Kier molecular flexibility index (Phi) is 9.88. The molecule has 0 amide bonds. The van der Waals surface area contributed by atoms with Crippen LogP contribution in [0.3, 0.4) is 0 Å². The predicted octanol–water partition coefficient (Wildman–Crippen LogP) is 2.98. The molecule has 0 bridgehead atoms. The molecule has 0 unspecified atom stereocenters. The fourth-order valence-corrected chi connectivity index (χ4v) is 2.36. The van der Waals surface area contributed by atoms with Crippen LogP contribution in [0.25, 0.3) is 5.69 Å². The lowest BCUT2D eigenvalue weighted by atomic mass is 9.87. The molecule has 0 aliphatic carbocycles. The Hall–Kier alpha value is -1.60. The number of carbonyl (C=O) groups is 1. The van der Waals surface area contributed by atoms with Crippen LogP contribution in [0.4, 0.5) is 0 Å². The third kappa shape index (κ3) is 6.61. The van der Waals surface area contributed by atoms with Crippen LogP contribution in [0.2, 0.25) is 0 Å². The molecular weight excluding hydrogens is 377 g/mol. The minimum absolute atomic E-state index is 0. The Morgan fingerprint density at radius 1 is 1.27 bits per heavy atom. The van der Waals surface area contributed by atoms with Gasteiger partial charge in [-0.15, -0.1) is 24.8 Å². The van der Waals surface area contributed by atoms with Crippen LogP contribution in [0, 0.1) is 0 Å². The summed E-state index contributed by atoms with van der Waals surface area (Å²) in [5, 5.41) is 9.19.